The molecule has 0 aliphatic carbocycles. The first-order valence-corrected chi connectivity index (χ1v) is 17.5. The summed E-state index contributed by atoms with van der Waals surface area (Å²) >= 11 is 0. The molecule has 2 aliphatic heterocycles. The molecule has 0 fully saturated rings. The maximum absolute atomic E-state index is 6.56. The van der Waals surface area contributed by atoms with E-state index in [9.17, 15) is 0 Å². The number of hydrogen-bond donors (Lipinski definition) is 0. The molecule has 0 atom stereocenters. The van der Waals surface area contributed by atoms with Gasteiger partial charge >= 0.3 is 0 Å². The van der Waals surface area contributed by atoms with Gasteiger partial charge in [0.1, 0.15) is 5.82 Å². The molecule has 6 aromatic carbocycles. The van der Waals surface area contributed by atoms with E-state index in [1.54, 1.807) is 0 Å². The van der Waals surface area contributed by atoms with E-state index in [0.29, 0.717) is 11.5 Å². The molecule has 5 nitrogen and oxygen atoms in total. The molecule has 0 unspecified atom stereocenters. The fourth-order valence-corrected chi connectivity index (χ4v) is 7.09. The van der Waals surface area contributed by atoms with Crippen LogP contribution in [0.2, 0.25) is 0 Å². The molecule has 0 N–H and O–H groups in total. The number of rotatable bonds is 7. The zero-order valence-corrected chi connectivity index (χ0v) is 31.5. The van der Waals surface area contributed by atoms with E-state index in [2.05, 4.69) is 145 Å². The van der Waals surface area contributed by atoms with Crippen LogP contribution in [0.15, 0.2) is 170 Å². The number of ether oxygens (including phenoxy) is 1. The summed E-state index contributed by atoms with van der Waals surface area (Å²) in [5.41, 5.74) is 10.5. The molecule has 0 saturated carbocycles. The topological polar surface area (TPSA) is 31.8 Å². The smallest absolute Gasteiger partial charge is 0.135 e. The Balaban J connectivity index is 0.00000400. The first kappa shape index (κ1) is 34.2. The Labute approximate surface area is 325 Å². The fourth-order valence-electron chi connectivity index (χ4n) is 7.09. The van der Waals surface area contributed by atoms with Gasteiger partial charge in [-0.05, 0) is 59.4 Å². The van der Waals surface area contributed by atoms with Crippen molar-refractivity contribution >= 4 is 28.6 Å². The van der Waals surface area contributed by atoms with Gasteiger partial charge in [-0.1, -0.05) is 116 Å². The number of aromatic nitrogens is 1. The molecule has 9 rings (SSSR count). The van der Waals surface area contributed by atoms with Crippen molar-refractivity contribution in [2.45, 2.75) is 19.3 Å². The minimum Gasteiger partial charge on any atom is -0.509 e. The molecule has 0 amide bonds. The molecule has 6 heteroatoms. The van der Waals surface area contributed by atoms with Crippen LogP contribution >= 0.6 is 0 Å². The van der Waals surface area contributed by atoms with Crippen molar-refractivity contribution in [3.05, 3.63) is 200 Å². The van der Waals surface area contributed by atoms with Crippen LogP contribution in [0.3, 0.4) is 0 Å². The zero-order valence-electron chi connectivity index (χ0n) is 29.3. The van der Waals surface area contributed by atoms with Gasteiger partial charge in [-0.15, -0.1) is 48.3 Å². The molecule has 262 valence electrons. The van der Waals surface area contributed by atoms with Crippen molar-refractivity contribution in [3.8, 4) is 33.8 Å². The second-order valence-electron chi connectivity index (χ2n) is 13.4. The Morgan fingerprint density at radius 1 is 0.585 bits per heavy atom. The van der Waals surface area contributed by atoms with E-state index in [-0.39, 0.29) is 26.5 Å². The Morgan fingerprint density at radius 3 is 2.04 bits per heavy atom. The predicted molar refractivity (Wildman–Crippen MR) is 211 cm³/mol. The summed E-state index contributed by atoms with van der Waals surface area (Å²) in [6, 6.07) is 59.5. The summed E-state index contributed by atoms with van der Waals surface area (Å²) in [7, 11) is 0. The second kappa shape index (κ2) is 14.3. The number of anilines is 5. The fraction of sp³-hybridized carbons (Fsp3) is 0.0638. The van der Waals surface area contributed by atoms with Crippen molar-refractivity contribution in [1.29, 1.82) is 0 Å². The van der Waals surface area contributed by atoms with Gasteiger partial charge in [0.25, 0.3) is 0 Å². The van der Waals surface area contributed by atoms with Gasteiger partial charge in [0.15, 0.2) is 0 Å². The van der Waals surface area contributed by atoms with Gasteiger partial charge in [0, 0.05) is 55.4 Å². The van der Waals surface area contributed by atoms with Crippen molar-refractivity contribution < 1.29 is 25.8 Å². The molecule has 0 saturated heterocycles. The first-order chi connectivity index (χ1) is 25.5. The Bertz CT molecular complexity index is 2430. The first-order valence-electron chi connectivity index (χ1n) is 17.5. The van der Waals surface area contributed by atoms with E-state index < -0.39 is 0 Å². The van der Waals surface area contributed by atoms with E-state index in [1.807, 2.05) is 72.6 Å². The van der Waals surface area contributed by atoms with Crippen molar-refractivity contribution in [2.75, 3.05) is 14.7 Å². The molecule has 0 bridgehead atoms. The largest absolute Gasteiger partial charge is 0.509 e. The third-order valence-electron chi connectivity index (χ3n) is 9.91. The zero-order chi connectivity index (χ0) is 35.1. The molecule has 0 spiro atoms. The van der Waals surface area contributed by atoms with Crippen LogP contribution in [-0.4, -0.2) is 4.98 Å². The maximum Gasteiger partial charge on any atom is 0.135 e. The third kappa shape index (κ3) is 6.43. The molecular weight excluding hydrogens is 832 g/mol. The Kier molecular flexibility index (Phi) is 9.20. The summed E-state index contributed by atoms with van der Waals surface area (Å²) in [6.07, 6.45) is 5.97. The Morgan fingerprint density at radius 2 is 1.25 bits per heavy atom. The van der Waals surface area contributed by atoms with E-state index in [4.69, 9.17) is 9.72 Å². The molecule has 0 radical (unpaired) electrons. The number of fused-ring (bicyclic) bond motifs is 5. The normalized spacial score (nSPS) is 13.1. The van der Waals surface area contributed by atoms with Crippen LogP contribution in [-0.2, 0) is 26.5 Å². The van der Waals surface area contributed by atoms with Crippen molar-refractivity contribution in [2.24, 2.45) is 0 Å². The molecule has 1 aromatic heterocycles. The molecule has 3 heterocycles. The summed E-state index contributed by atoms with van der Waals surface area (Å²) in [4.78, 5) is 11.3. The van der Waals surface area contributed by atoms with E-state index >= 15 is 0 Å². The van der Waals surface area contributed by atoms with E-state index in [0.717, 1.165) is 50.8 Å². The van der Waals surface area contributed by atoms with Gasteiger partial charge in [-0.2, -0.15) is 12.1 Å². The molecular formula is C47H35N4OPt-3. The predicted octanol–water partition coefficient (Wildman–Crippen LogP) is 11.8. The summed E-state index contributed by atoms with van der Waals surface area (Å²) < 4.78 is 6.56. The minimum absolute atomic E-state index is 0. The second-order valence-corrected chi connectivity index (χ2v) is 13.4. The third-order valence-corrected chi connectivity index (χ3v) is 9.91. The van der Waals surface area contributed by atoms with Gasteiger partial charge in [-0.3, -0.25) is 0 Å². The SMILES string of the molecule is CC(C)(c1ccccc1)c1ccnc(N2c3[c-]c(Oc4[c-]c(N5C=CN(c6ccccc6)[CH-]5)ccc4)ccc3-c3ccccc3-c3ccccc32)c1.[Pt]. The van der Waals surface area contributed by atoms with Gasteiger partial charge in [0.2, 0.25) is 0 Å². The Hall–Kier alpha value is -5.90. The summed E-state index contributed by atoms with van der Waals surface area (Å²) in [6.45, 7) is 6.56. The van der Waals surface area contributed by atoms with Crippen molar-refractivity contribution in [3.63, 3.8) is 0 Å². The van der Waals surface area contributed by atoms with Gasteiger partial charge in [0.05, 0.1) is 5.69 Å². The molecule has 7 aromatic rings. The number of hydrogen-bond acceptors (Lipinski definition) is 5. The monoisotopic (exact) mass is 866 g/mol. The minimum atomic E-state index is -0.244. The number of benzene rings is 6. The molecule has 2 aliphatic rings. The number of pyridine rings is 1. The molecule has 53 heavy (non-hydrogen) atoms. The average Bonchev–Trinajstić information content (AvgIpc) is 3.66. The van der Waals surface area contributed by atoms with Crippen LogP contribution in [0, 0.1) is 18.8 Å². The van der Waals surface area contributed by atoms with Crippen molar-refractivity contribution in [1.82, 2.24) is 4.98 Å². The average molecular weight is 867 g/mol. The number of para-hydroxylation sites is 2. The van der Waals surface area contributed by atoms with Crippen LogP contribution in [0.25, 0.3) is 22.3 Å². The standard InChI is InChI=1S/C47H35N4O.Pt/c1-47(2,34-14-5-3-6-15-34)35-26-27-48-46(30-35)51-44-23-12-11-22-42(44)40-20-9-10-21-41(40)43-25-24-39(32-45(43)51)52-38-19-13-18-37(31-38)50-29-28-49(33-50)36-16-7-4-8-17-36;/h3-30,33H,1-2H3;/q-3;. The summed E-state index contributed by atoms with van der Waals surface area (Å²) in [5.74, 6) is 1.99. The van der Waals surface area contributed by atoms with Gasteiger partial charge in [-0.25, -0.2) is 4.98 Å². The van der Waals surface area contributed by atoms with Crippen LogP contribution in [0.1, 0.15) is 25.0 Å². The quantitative estimate of drug-likeness (QED) is 0.149. The van der Waals surface area contributed by atoms with E-state index in [1.165, 1.54) is 11.1 Å². The van der Waals surface area contributed by atoms with Crippen LogP contribution in [0.5, 0.6) is 11.5 Å². The maximum atomic E-state index is 6.56. The van der Waals surface area contributed by atoms with Crippen LogP contribution < -0.4 is 19.4 Å². The van der Waals surface area contributed by atoms with Crippen LogP contribution in [0.4, 0.5) is 28.6 Å². The summed E-state index contributed by atoms with van der Waals surface area (Å²) in [5, 5.41) is 0. The number of nitrogens with zero attached hydrogens (tertiary/aromatic N) is 4. The van der Waals surface area contributed by atoms with Gasteiger partial charge < -0.3 is 19.4 Å².